The number of ether oxygens (including phenoxy) is 1. The first-order valence-electron chi connectivity index (χ1n) is 14.2. The van der Waals surface area contributed by atoms with E-state index in [0.717, 1.165) is 16.7 Å². The number of aliphatic carboxylic acids is 1. The zero-order chi connectivity index (χ0) is 32.3. The predicted octanol–water partition coefficient (Wildman–Crippen LogP) is 1.34. The average molecular weight is 645 g/mol. The maximum absolute atomic E-state index is 13.6. The highest BCUT2D eigenvalue weighted by Gasteiger charge is 2.34. The molecule has 0 aliphatic carbocycles. The third-order valence-corrected chi connectivity index (χ3v) is 11.1. The Labute approximate surface area is 258 Å². The molecule has 5 N–H and O–H groups in total. The Kier molecular flexibility index (Phi) is 12.7. The standard InChI is InChI=1S/C31H40N3O8PS/c1-22(2)29(43(38,39)20-28(30(35)36)26-15-9-14-25(16-26)18-32)34-44(40,41)21-27(17-23-10-5-3-6-11-23)33-31(37)42-19-24-12-7-4-8-13-24/h3-16,22,27-29,34H,17-21,32H2,1-2H3,(H,33,37)(H,35,36)(H,38,39)/p-1/t27-,28-,29+/m0/s1. The molecule has 1 unspecified atom stereocenters. The molecule has 3 rings (SSSR count). The number of carbonyl (C=O) groups is 2. The molecule has 3 aromatic rings. The van der Waals surface area contributed by atoms with E-state index in [1.54, 1.807) is 72.8 Å². The summed E-state index contributed by atoms with van der Waals surface area (Å²) < 4.78 is 48.0. The topological polar surface area (TPSA) is 192 Å². The molecule has 0 fully saturated rings. The van der Waals surface area contributed by atoms with Gasteiger partial charge in [-0.2, -0.15) is 0 Å². The number of hydrogen-bond acceptors (Lipinski definition) is 8. The van der Waals surface area contributed by atoms with Crippen LogP contribution in [0.25, 0.3) is 0 Å². The van der Waals surface area contributed by atoms with Crippen molar-refractivity contribution in [3.63, 3.8) is 0 Å². The molecule has 0 radical (unpaired) electrons. The third-order valence-electron chi connectivity index (χ3n) is 7.00. The fourth-order valence-electron chi connectivity index (χ4n) is 4.80. The molecule has 11 nitrogen and oxygen atoms in total. The molecular weight excluding hydrogens is 605 g/mol. The van der Waals surface area contributed by atoms with Crippen molar-refractivity contribution in [1.29, 1.82) is 0 Å². The van der Waals surface area contributed by atoms with E-state index >= 15 is 0 Å². The Morgan fingerprint density at radius 2 is 1.52 bits per heavy atom. The van der Waals surface area contributed by atoms with Gasteiger partial charge in [0.05, 0.1) is 24.1 Å². The lowest BCUT2D eigenvalue weighted by Gasteiger charge is -2.38. The second-order valence-electron chi connectivity index (χ2n) is 11.0. The van der Waals surface area contributed by atoms with Crippen LogP contribution in [0.3, 0.4) is 0 Å². The van der Waals surface area contributed by atoms with Crippen molar-refractivity contribution < 1.29 is 43.0 Å². The molecule has 4 atom stereocenters. The minimum Gasteiger partial charge on any atom is -0.798 e. The summed E-state index contributed by atoms with van der Waals surface area (Å²) in [5.74, 6) is -6.09. The molecule has 0 aliphatic heterocycles. The van der Waals surface area contributed by atoms with Gasteiger partial charge in [-0.1, -0.05) is 92.7 Å². The summed E-state index contributed by atoms with van der Waals surface area (Å²) in [6.45, 7) is 3.39. The first-order chi connectivity index (χ1) is 20.8. The van der Waals surface area contributed by atoms with Gasteiger partial charge in [-0.15, -0.1) is 0 Å². The van der Waals surface area contributed by atoms with Crippen molar-refractivity contribution in [2.24, 2.45) is 5.92 Å². The number of carbonyl (C=O) groups excluding carboxylic acids is 2. The number of amides is 1. The van der Waals surface area contributed by atoms with E-state index in [4.69, 9.17) is 4.74 Å². The van der Waals surface area contributed by atoms with Gasteiger partial charge in [0.1, 0.15) is 6.61 Å². The number of sulfonamides is 1. The maximum atomic E-state index is 13.6. The van der Waals surface area contributed by atoms with Gasteiger partial charge in [0.25, 0.3) is 0 Å². The van der Waals surface area contributed by atoms with Crippen molar-refractivity contribution in [2.75, 3.05) is 11.9 Å². The van der Waals surface area contributed by atoms with Crippen LogP contribution in [0.15, 0.2) is 84.9 Å². The second kappa shape index (κ2) is 16.0. The molecule has 0 aromatic heterocycles. The third kappa shape index (κ3) is 10.9. The van der Waals surface area contributed by atoms with Crippen LogP contribution in [0.2, 0.25) is 0 Å². The van der Waals surface area contributed by atoms with E-state index in [-0.39, 0.29) is 18.6 Å². The number of carboxylic acid groups (broad SMARTS) is 1. The largest absolute Gasteiger partial charge is 0.798 e. The van der Waals surface area contributed by atoms with Crippen LogP contribution in [-0.2, 0) is 43.7 Å². The van der Waals surface area contributed by atoms with E-state index < -0.39 is 65.0 Å². The molecule has 0 saturated carbocycles. The number of quaternary nitrogens is 1. The predicted molar refractivity (Wildman–Crippen MR) is 163 cm³/mol. The number of nitrogens with one attached hydrogen (secondary N) is 2. The second-order valence-corrected chi connectivity index (χ2v) is 15.1. The number of rotatable bonds is 16. The number of alkyl carbamates (subject to hydrolysis) is 1. The molecule has 0 spiro atoms. The van der Waals surface area contributed by atoms with Gasteiger partial charge in [0.15, 0.2) is 0 Å². The van der Waals surface area contributed by atoms with Crippen molar-refractivity contribution >= 4 is 29.5 Å². The Bertz CT molecular complexity index is 1540. The lowest BCUT2D eigenvalue weighted by molar-refractivity contribution is -0.386. The highest BCUT2D eigenvalue weighted by atomic mass is 32.2. The summed E-state index contributed by atoms with van der Waals surface area (Å²) in [5.41, 5.74) is 6.21. The zero-order valence-corrected chi connectivity index (χ0v) is 26.5. The molecule has 44 heavy (non-hydrogen) atoms. The minimum absolute atomic E-state index is 0.0260. The van der Waals surface area contributed by atoms with Gasteiger partial charge in [0.2, 0.25) is 10.0 Å². The van der Waals surface area contributed by atoms with Crippen LogP contribution in [0.5, 0.6) is 0 Å². The molecule has 1 amide bonds. The number of benzene rings is 3. The number of hydrogen-bond donors (Lipinski definition) is 3. The van der Waals surface area contributed by atoms with Gasteiger partial charge < -0.3 is 35.1 Å². The van der Waals surface area contributed by atoms with Crippen molar-refractivity contribution in [3.8, 4) is 0 Å². The molecule has 0 saturated heterocycles. The lowest BCUT2D eigenvalue weighted by atomic mass is 9.99. The Morgan fingerprint density at radius 3 is 2.09 bits per heavy atom. The van der Waals surface area contributed by atoms with E-state index in [1.165, 1.54) is 19.9 Å². The zero-order valence-electron chi connectivity index (χ0n) is 24.8. The Morgan fingerprint density at radius 1 is 0.932 bits per heavy atom. The Balaban J connectivity index is 1.79. The summed E-state index contributed by atoms with van der Waals surface area (Å²) in [6.07, 6.45) is -1.56. The first-order valence-corrected chi connectivity index (χ1v) is 17.7. The van der Waals surface area contributed by atoms with Crippen LogP contribution in [0.1, 0.15) is 42.0 Å². The van der Waals surface area contributed by atoms with Crippen molar-refractivity contribution in [1.82, 2.24) is 10.0 Å². The monoisotopic (exact) mass is 644 g/mol. The molecule has 3 aromatic carbocycles. The fourth-order valence-corrected chi connectivity index (χ4v) is 9.39. The van der Waals surface area contributed by atoms with Gasteiger partial charge in [-0.25, -0.2) is 17.9 Å². The summed E-state index contributed by atoms with van der Waals surface area (Å²) >= 11 is 0. The minimum atomic E-state index is -4.73. The van der Waals surface area contributed by atoms with Crippen LogP contribution < -0.4 is 25.8 Å². The average Bonchev–Trinajstić information content (AvgIpc) is 2.98. The Hall–Kier alpha value is -3.54. The summed E-state index contributed by atoms with van der Waals surface area (Å²) in [4.78, 5) is 38.3. The summed E-state index contributed by atoms with van der Waals surface area (Å²) in [7, 11) is -9.06. The SMILES string of the molecule is CC(C)[C@H](NS(=O)(=O)C[C@H](Cc1ccccc1)NC(=O)OCc1ccccc1)P(=O)([O-])C[C@H](C(=O)[O-])c1cccc(C[NH3+])c1. The number of carboxylic acids is 1. The molecule has 238 valence electrons. The van der Waals surface area contributed by atoms with E-state index in [2.05, 4.69) is 15.8 Å². The van der Waals surface area contributed by atoms with E-state index in [0.29, 0.717) is 6.54 Å². The van der Waals surface area contributed by atoms with Gasteiger partial charge in [-0.05, 0) is 35.1 Å². The molecule has 0 heterocycles. The molecule has 13 heteroatoms. The molecule has 0 aliphatic rings. The van der Waals surface area contributed by atoms with E-state index in [9.17, 15) is 32.6 Å². The highest BCUT2D eigenvalue weighted by molar-refractivity contribution is 7.89. The molecular formula is C31H39N3O8PS-. The van der Waals surface area contributed by atoms with E-state index in [1.807, 2.05) is 6.07 Å². The summed E-state index contributed by atoms with van der Waals surface area (Å²) in [6, 6.07) is 23.3. The van der Waals surface area contributed by atoms with Gasteiger partial charge in [0, 0.05) is 31.0 Å². The first kappa shape index (κ1) is 34.9. The normalized spacial score (nSPS) is 15.1. The lowest BCUT2D eigenvalue weighted by Crippen LogP contribution is -2.49. The van der Waals surface area contributed by atoms with Crippen molar-refractivity contribution in [3.05, 3.63) is 107 Å². The van der Waals surface area contributed by atoms with Gasteiger partial charge in [-0.3, -0.25) is 0 Å². The van der Waals surface area contributed by atoms with Crippen LogP contribution >= 0.6 is 7.37 Å². The van der Waals surface area contributed by atoms with Gasteiger partial charge >= 0.3 is 6.09 Å². The fraction of sp³-hybridized carbons (Fsp3) is 0.355. The van der Waals surface area contributed by atoms with Crippen LogP contribution in [0, 0.1) is 5.92 Å². The summed E-state index contributed by atoms with van der Waals surface area (Å²) in [5, 5.41) is 14.6. The van der Waals surface area contributed by atoms with Crippen molar-refractivity contribution in [2.45, 2.75) is 51.2 Å². The maximum Gasteiger partial charge on any atom is 0.407 e. The van der Waals surface area contributed by atoms with Crippen LogP contribution in [0.4, 0.5) is 4.79 Å². The smallest absolute Gasteiger partial charge is 0.407 e. The molecule has 0 bridgehead atoms. The quantitative estimate of drug-likeness (QED) is 0.195. The highest BCUT2D eigenvalue weighted by Crippen LogP contribution is 2.47. The van der Waals surface area contributed by atoms with Crippen LogP contribution in [-0.4, -0.2) is 44.2 Å².